The first-order valence-electron chi connectivity index (χ1n) is 11.1. The summed E-state index contributed by atoms with van der Waals surface area (Å²) in [6.07, 6.45) is 11.7. The van der Waals surface area contributed by atoms with E-state index >= 15 is 0 Å². The first kappa shape index (κ1) is 23.4. The van der Waals surface area contributed by atoms with Gasteiger partial charge in [-0.05, 0) is 55.8 Å². The van der Waals surface area contributed by atoms with Gasteiger partial charge in [-0.25, -0.2) is 4.79 Å². The third-order valence-corrected chi connectivity index (χ3v) is 6.70. The maximum absolute atomic E-state index is 11.1. The monoisotopic (exact) mass is 396 g/mol. The second-order valence-electron chi connectivity index (χ2n) is 8.99. The first-order valence-corrected chi connectivity index (χ1v) is 11.1. The summed E-state index contributed by atoms with van der Waals surface area (Å²) in [4.78, 5) is 11.1. The molecule has 2 saturated carbocycles. The Morgan fingerprint density at radius 3 is 2.79 bits per heavy atom. The van der Waals surface area contributed by atoms with Gasteiger partial charge in [0, 0.05) is 12.5 Å². The number of fused-ring (bicyclic) bond motifs is 1. The van der Waals surface area contributed by atoms with Crippen LogP contribution < -0.4 is 0 Å². The van der Waals surface area contributed by atoms with Crippen LogP contribution in [0.5, 0.6) is 0 Å². The van der Waals surface area contributed by atoms with Crippen LogP contribution in [0.3, 0.4) is 0 Å². The standard InChI is InChI=1S/C23H40O5/c1-4-5-6-16(2)11-19(24)7-8-20-21-13-17(12-18(21)14-22(20)25)9-10-28-15-23(26)27-3/h7-8,16-22,24-25H,4-6,9-15H2,1-3H3/b8-7+/t16-,17?,18-,19+,20+,21-,22+/m0/s1. The van der Waals surface area contributed by atoms with Gasteiger partial charge in [0.2, 0.25) is 0 Å². The molecular formula is C23H40O5. The van der Waals surface area contributed by atoms with Crippen molar-refractivity contribution in [3.8, 4) is 0 Å². The molecule has 2 fully saturated rings. The van der Waals surface area contributed by atoms with Crippen LogP contribution in [-0.2, 0) is 14.3 Å². The van der Waals surface area contributed by atoms with Gasteiger partial charge in [0.05, 0.1) is 19.3 Å². The van der Waals surface area contributed by atoms with E-state index in [1.165, 1.54) is 20.0 Å². The largest absolute Gasteiger partial charge is 0.467 e. The van der Waals surface area contributed by atoms with Crippen LogP contribution in [0.2, 0.25) is 0 Å². The molecule has 0 heterocycles. The highest BCUT2D eigenvalue weighted by molar-refractivity contribution is 5.70. The average molecular weight is 397 g/mol. The lowest BCUT2D eigenvalue weighted by molar-refractivity contribution is -0.146. The number of rotatable bonds is 12. The van der Waals surface area contributed by atoms with E-state index in [0.29, 0.717) is 30.3 Å². The van der Waals surface area contributed by atoms with E-state index in [9.17, 15) is 15.0 Å². The minimum absolute atomic E-state index is 0.0225. The zero-order chi connectivity index (χ0) is 20.5. The number of aliphatic hydroxyl groups excluding tert-OH is 2. The van der Waals surface area contributed by atoms with Gasteiger partial charge in [-0.3, -0.25) is 0 Å². The Hall–Kier alpha value is -0.910. The lowest BCUT2D eigenvalue weighted by atomic mass is 9.89. The number of unbranched alkanes of at least 4 members (excludes halogenated alkanes) is 1. The van der Waals surface area contributed by atoms with Crippen LogP contribution in [0.4, 0.5) is 0 Å². The molecule has 1 unspecified atom stereocenters. The number of esters is 1. The normalized spacial score (nSPS) is 31.8. The Labute approximate surface area is 170 Å². The highest BCUT2D eigenvalue weighted by Crippen LogP contribution is 2.51. The number of hydrogen-bond acceptors (Lipinski definition) is 5. The zero-order valence-electron chi connectivity index (χ0n) is 17.9. The van der Waals surface area contributed by atoms with Gasteiger partial charge in [0.1, 0.15) is 6.61 Å². The molecule has 0 aliphatic heterocycles. The molecule has 162 valence electrons. The molecule has 5 nitrogen and oxygen atoms in total. The Kier molecular flexibility index (Phi) is 9.96. The summed E-state index contributed by atoms with van der Waals surface area (Å²) in [6, 6.07) is 0. The molecule has 0 bridgehead atoms. The van der Waals surface area contributed by atoms with Crippen molar-refractivity contribution in [2.24, 2.45) is 29.6 Å². The van der Waals surface area contributed by atoms with Crippen LogP contribution in [-0.4, -0.2) is 48.7 Å². The highest BCUT2D eigenvalue weighted by atomic mass is 16.6. The van der Waals surface area contributed by atoms with Gasteiger partial charge in [0.15, 0.2) is 0 Å². The number of methoxy groups -OCH3 is 1. The van der Waals surface area contributed by atoms with Crippen molar-refractivity contribution in [3.63, 3.8) is 0 Å². The average Bonchev–Trinajstić information content (AvgIpc) is 3.18. The molecule has 0 aromatic rings. The first-order chi connectivity index (χ1) is 13.4. The van der Waals surface area contributed by atoms with E-state index in [1.807, 2.05) is 6.08 Å². The molecule has 2 aliphatic rings. The predicted molar refractivity (Wildman–Crippen MR) is 110 cm³/mol. The number of ether oxygens (including phenoxy) is 2. The zero-order valence-corrected chi connectivity index (χ0v) is 17.9. The predicted octanol–water partition coefficient (Wildman–Crippen LogP) is 3.72. The van der Waals surface area contributed by atoms with Gasteiger partial charge in [0.25, 0.3) is 0 Å². The van der Waals surface area contributed by atoms with Crippen LogP contribution >= 0.6 is 0 Å². The quantitative estimate of drug-likeness (QED) is 0.299. The van der Waals surface area contributed by atoms with Crippen molar-refractivity contribution in [3.05, 3.63) is 12.2 Å². The third-order valence-electron chi connectivity index (χ3n) is 6.70. The maximum atomic E-state index is 11.1. The van der Waals surface area contributed by atoms with Crippen molar-refractivity contribution in [2.75, 3.05) is 20.3 Å². The summed E-state index contributed by atoms with van der Waals surface area (Å²) >= 11 is 0. The fourth-order valence-corrected chi connectivity index (χ4v) is 5.16. The van der Waals surface area contributed by atoms with Crippen molar-refractivity contribution in [2.45, 2.75) is 77.4 Å². The lowest BCUT2D eigenvalue weighted by Crippen LogP contribution is -2.19. The van der Waals surface area contributed by atoms with Gasteiger partial charge in [-0.15, -0.1) is 0 Å². The molecule has 28 heavy (non-hydrogen) atoms. The van der Waals surface area contributed by atoms with E-state index in [0.717, 1.165) is 38.5 Å². The van der Waals surface area contributed by atoms with E-state index in [4.69, 9.17) is 4.74 Å². The molecule has 0 aromatic heterocycles. The lowest BCUT2D eigenvalue weighted by Gasteiger charge is -2.20. The summed E-state index contributed by atoms with van der Waals surface area (Å²) in [5.74, 6) is 2.01. The summed E-state index contributed by atoms with van der Waals surface area (Å²) in [6.45, 7) is 5.00. The molecule has 0 saturated heterocycles. The van der Waals surface area contributed by atoms with Crippen LogP contribution in [0.15, 0.2) is 12.2 Å². The number of aliphatic hydroxyl groups is 2. The third kappa shape index (κ3) is 7.16. The van der Waals surface area contributed by atoms with Crippen LogP contribution in [0.25, 0.3) is 0 Å². The fourth-order valence-electron chi connectivity index (χ4n) is 5.16. The summed E-state index contributed by atoms with van der Waals surface area (Å²) in [5.41, 5.74) is 0. The Morgan fingerprint density at radius 2 is 2.07 bits per heavy atom. The Morgan fingerprint density at radius 1 is 1.29 bits per heavy atom. The minimum atomic E-state index is -0.415. The molecule has 0 aromatic carbocycles. The van der Waals surface area contributed by atoms with Gasteiger partial charge >= 0.3 is 5.97 Å². The molecule has 2 rings (SSSR count). The van der Waals surface area contributed by atoms with E-state index in [-0.39, 0.29) is 24.6 Å². The van der Waals surface area contributed by atoms with Crippen molar-refractivity contribution in [1.29, 1.82) is 0 Å². The number of carbonyl (C=O) groups is 1. The second kappa shape index (κ2) is 11.9. The van der Waals surface area contributed by atoms with Crippen LogP contribution in [0, 0.1) is 29.6 Å². The van der Waals surface area contributed by atoms with Gasteiger partial charge < -0.3 is 19.7 Å². The number of hydrogen-bond donors (Lipinski definition) is 2. The molecular weight excluding hydrogens is 356 g/mol. The van der Waals surface area contributed by atoms with Crippen LogP contribution in [0.1, 0.15) is 65.2 Å². The summed E-state index contributed by atoms with van der Waals surface area (Å²) < 4.78 is 9.97. The molecule has 5 heteroatoms. The molecule has 0 spiro atoms. The topological polar surface area (TPSA) is 76.0 Å². The molecule has 7 atom stereocenters. The van der Waals surface area contributed by atoms with E-state index in [1.54, 1.807) is 0 Å². The van der Waals surface area contributed by atoms with Crippen molar-refractivity contribution in [1.82, 2.24) is 0 Å². The Bertz CT molecular complexity index is 491. The summed E-state index contributed by atoms with van der Waals surface area (Å²) in [5, 5.41) is 20.8. The van der Waals surface area contributed by atoms with Gasteiger partial charge in [-0.2, -0.15) is 0 Å². The van der Waals surface area contributed by atoms with Crippen molar-refractivity contribution < 1.29 is 24.5 Å². The van der Waals surface area contributed by atoms with E-state index in [2.05, 4.69) is 24.7 Å². The molecule has 2 aliphatic carbocycles. The fraction of sp³-hybridized carbons (Fsp3) is 0.870. The van der Waals surface area contributed by atoms with Crippen molar-refractivity contribution >= 4 is 5.97 Å². The minimum Gasteiger partial charge on any atom is -0.467 e. The number of carbonyl (C=O) groups excluding carboxylic acids is 1. The highest BCUT2D eigenvalue weighted by Gasteiger charge is 2.46. The molecule has 2 N–H and O–H groups in total. The van der Waals surface area contributed by atoms with Gasteiger partial charge in [-0.1, -0.05) is 45.3 Å². The Balaban J connectivity index is 1.75. The molecule has 0 amide bonds. The van der Waals surface area contributed by atoms with E-state index < -0.39 is 6.10 Å². The maximum Gasteiger partial charge on any atom is 0.331 e. The molecule has 0 radical (unpaired) electrons. The SMILES string of the molecule is CCCC[C@H](C)C[C@H](O)/C=C/[C@@H]1[C@H]2CC(CCOCC(=O)OC)C[C@H]2C[C@H]1O. The smallest absolute Gasteiger partial charge is 0.331 e. The summed E-state index contributed by atoms with van der Waals surface area (Å²) in [7, 11) is 1.37. The second-order valence-corrected chi connectivity index (χ2v) is 8.99.